The first-order chi connectivity index (χ1) is 16.8. The maximum Gasteiger partial charge on any atom is 0.191 e. The van der Waals surface area contributed by atoms with Gasteiger partial charge in [-0.3, -0.25) is 4.57 Å². The fourth-order valence-corrected chi connectivity index (χ4v) is 5.90. The normalized spacial score (nSPS) is 15.8. The maximum atomic E-state index is 5.95. The number of thioether (sulfide) groups is 1. The van der Waals surface area contributed by atoms with Crippen molar-refractivity contribution >= 4 is 44.8 Å². The molecule has 9 heteroatoms. The van der Waals surface area contributed by atoms with Gasteiger partial charge in [0.05, 0.1) is 18.3 Å². The molecule has 1 unspecified atom stereocenters. The lowest BCUT2D eigenvalue weighted by Crippen LogP contribution is -2.16. The number of fused-ring (bicyclic) bond motifs is 1. The van der Waals surface area contributed by atoms with Gasteiger partial charge in [-0.2, -0.15) is 0 Å². The molecule has 1 aliphatic heterocycles. The molecule has 0 saturated carbocycles. The van der Waals surface area contributed by atoms with Crippen LogP contribution < -0.4 is 5.32 Å². The summed E-state index contributed by atoms with van der Waals surface area (Å²) in [5, 5.41) is 17.6. The lowest BCUT2D eigenvalue weighted by molar-refractivity contribution is 0.0953. The predicted molar refractivity (Wildman–Crippen MR) is 138 cm³/mol. The highest BCUT2D eigenvalue weighted by Gasteiger charge is 2.23. The second-order valence-corrected chi connectivity index (χ2v) is 10.0. The van der Waals surface area contributed by atoms with Crippen molar-refractivity contribution in [3.8, 4) is 11.4 Å². The van der Waals surface area contributed by atoms with Crippen molar-refractivity contribution < 1.29 is 4.74 Å². The Labute approximate surface area is 205 Å². The summed E-state index contributed by atoms with van der Waals surface area (Å²) >= 11 is 3.28. The van der Waals surface area contributed by atoms with Gasteiger partial charge in [-0.25, -0.2) is 4.98 Å². The van der Waals surface area contributed by atoms with Crippen LogP contribution in [0.4, 0.5) is 10.8 Å². The summed E-state index contributed by atoms with van der Waals surface area (Å²) < 4.78 is 8.17. The average Bonchev–Trinajstić information content (AvgIpc) is 3.67. The van der Waals surface area contributed by atoms with E-state index >= 15 is 0 Å². The van der Waals surface area contributed by atoms with E-state index in [9.17, 15) is 0 Å². The number of para-hydroxylation sites is 2. The number of H-pyrrole nitrogens is 1. The number of rotatable bonds is 8. The Balaban J connectivity index is 1.24. The van der Waals surface area contributed by atoms with Crippen LogP contribution >= 0.6 is 23.1 Å². The molecule has 1 atom stereocenters. The molecule has 5 aromatic rings. The first-order valence-corrected chi connectivity index (χ1v) is 13.2. The zero-order chi connectivity index (χ0) is 22.7. The van der Waals surface area contributed by atoms with Gasteiger partial charge in [-0.05, 0) is 31.0 Å². The second-order valence-electron chi connectivity index (χ2n) is 8.22. The number of nitrogens with one attached hydrogen (secondary N) is 2. The first kappa shape index (κ1) is 21.4. The summed E-state index contributed by atoms with van der Waals surface area (Å²) in [6.07, 6.45) is 4.39. The molecule has 0 bridgehead atoms. The molecule has 0 radical (unpaired) electrons. The van der Waals surface area contributed by atoms with Crippen LogP contribution in [0.15, 0.2) is 71.3 Å². The van der Waals surface area contributed by atoms with Gasteiger partial charge in [0, 0.05) is 46.1 Å². The molecular formula is C25H24N6OS2. The second kappa shape index (κ2) is 9.61. The van der Waals surface area contributed by atoms with Gasteiger partial charge < -0.3 is 15.0 Å². The van der Waals surface area contributed by atoms with Gasteiger partial charge >= 0.3 is 0 Å². The van der Waals surface area contributed by atoms with E-state index in [0.717, 1.165) is 75.7 Å². The Morgan fingerprint density at radius 2 is 2.00 bits per heavy atom. The van der Waals surface area contributed by atoms with Crippen molar-refractivity contribution in [2.24, 2.45) is 0 Å². The Kier molecular flexibility index (Phi) is 6.05. The fourth-order valence-electron chi connectivity index (χ4n) is 4.22. The van der Waals surface area contributed by atoms with E-state index in [0.29, 0.717) is 0 Å². The number of nitrogens with zero attached hydrogens (tertiary/aromatic N) is 4. The molecule has 34 heavy (non-hydrogen) atoms. The number of hydrogen-bond donors (Lipinski definition) is 2. The molecular weight excluding hydrogens is 464 g/mol. The molecule has 0 spiro atoms. The summed E-state index contributed by atoms with van der Waals surface area (Å²) in [5.74, 6) is 1.60. The van der Waals surface area contributed by atoms with Crippen LogP contribution in [0.1, 0.15) is 18.5 Å². The topological polar surface area (TPSA) is 80.7 Å². The molecule has 0 aliphatic carbocycles. The van der Waals surface area contributed by atoms with E-state index in [4.69, 9.17) is 9.72 Å². The van der Waals surface area contributed by atoms with Crippen molar-refractivity contribution in [1.29, 1.82) is 0 Å². The van der Waals surface area contributed by atoms with Gasteiger partial charge in [0.25, 0.3) is 0 Å². The third kappa shape index (κ3) is 4.46. The van der Waals surface area contributed by atoms with Gasteiger partial charge in [-0.1, -0.05) is 48.2 Å². The smallest absolute Gasteiger partial charge is 0.191 e. The van der Waals surface area contributed by atoms with E-state index in [2.05, 4.69) is 48.6 Å². The molecule has 172 valence electrons. The van der Waals surface area contributed by atoms with Gasteiger partial charge in [-0.15, -0.1) is 21.5 Å². The molecule has 1 aliphatic rings. The molecule has 4 heterocycles. The largest absolute Gasteiger partial charge is 0.376 e. The minimum absolute atomic E-state index is 0.195. The van der Waals surface area contributed by atoms with Crippen molar-refractivity contribution in [3.63, 3.8) is 0 Å². The van der Waals surface area contributed by atoms with E-state index in [1.165, 1.54) is 0 Å². The van der Waals surface area contributed by atoms with Crippen LogP contribution in [-0.4, -0.2) is 37.4 Å². The lowest BCUT2D eigenvalue weighted by atomic mass is 10.1. The van der Waals surface area contributed by atoms with Crippen LogP contribution in [0.25, 0.3) is 22.3 Å². The predicted octanol–water partition coefficient (Wildman–Crippen LogP) is 6.10. The molecule has 6 rings (SSSR count). The van der Waals surface area contributed by atoms with Crippen molar-refractivity contribution in [2.75, 3.05) is 11.9 Å². The SMILES string of the molecule is c1ccc(Nc2nc(CSc3nnc(-c4c[nH]c5ccccc45)n3CC3CCCO3)cs2)cc1. The zero-order valence-electron chi connectivity index (χ0n) is 18.5. The minimum atomic E-state index is 0.195. The molecule has 1 saturated heterocycles. The number of aromatic nitrogens is 5. The van der Waals surface area contributed by atoms with Crippen molar-refractivity contribution in [1.82, 2.24) is 24.7 Å². The minimum Gasteiger partial charge on any atom is -0.376 e. The van der Waals surface area contributed by atoms with E-state index in [1.54, 1.807) is 23.1 Å². The third-order valence-corrected chi connectivity index (χ3v) is 7.69. The van der Waals surface area contributed by atoms with Crippen LogP contribution in [0.3, 0.4) is 0 Å². The number of hydrogen-bond acceptors (Lipinski definition) is 7. The third-order valence-electron chi connectivity index (χ3n) is 5.88. The van der Waals surface area contributed by atoms with Gasteiger partial charge in [0.15, 0.2) is 16.1 Å². The number of anilines is 2. The number of ether oxygens (including phenoxy) is 1. The highest BCUT2D eigenvalue weighted by Crippen LogP contribution is 2.33. The quantitative estimate of drug-likeness (QED) is 0.257. The van der Waals surface area contributed by atoms with Crippen LogP contribution in [-0.2, 0) is 17.0 Å². The van der Waals surface area contributed by atoms with E-state index < -0.39 is 0 Å². The average molecular weight is 489 g/mol. The highest BCUT2D eigenvalue weighted by molar-refractivity contribution is 7.98. The molecule has 2 N–H and O–H groups in total. The molecule has 2 aromatic carbocycles. The Morgan fingerprint density at radius 3 is 2.88 bits per heavy atom. The fraction of sp³-hybridized carbons (Fsp3) is 0.240. The number of thiazole rings is 1. The van der Waals surface area contributed by atoms with Crippen LogP contribution in [0.2, 0.25) is 0 Å². The maximum absolute atomic E-state index is 5.95. The standard InChI is InChI=1S/C25H24N6OS2/c1-2-7-17(8-3-1)27-24-28-18(15-33-24)16-34-25-30-29-23(31(25)14-19-9-6-12-32-19)21-13-26-22-11-5-4-10-20(21)22/h1-5,7-8,10-11,13,15,19,26H,6,9,12,14,16H2,(H,27,28). The van der Waals surface area contributed by atoms with Gasteiger partial charge in [0.1, 0.15) is 0 Å². The molecule has 1 fully saturated rings. The molecule has 0 amide bonds. The summed E-state index contributed by atoms with van der Waals surface area (Å²) in [4.78, 5) is 8.11. The first-order valence-electron chi connectivity index (χ1n) is 11.3. The van der Waals surface area contributed by atoms with Crippen LogP contribution in [0, 0.1) is 0 Å². The van der Waals surface area contributed by atoms with E-state index in [1.807, 2.05) is 42.6 Å². The van der Waals surface area contributed by atoms with Gasteiger partial charge in [0.2, 0.25) is 0 Å². The summed E-state index contributed by atoms with van der Waals surface area (Å²) in [6, 6.07) is 18.4. The Bertz CT molecular complexity index is 1390. The monoisotopic (exact) mass is 488 g/mol. The van der Waals surface area contributed by atoms with Crippen LogP contribution in [0.5, 0.6) is 0 Å². The molecule has 3 aromatic heterocycles. The molecule has 7 nitrogen and oxygen atoms in total. The zero-order valence-corrected chi connectivity index (χ0v) is 20.1. The summed E-state index contributed by atoms with van der Waals surface area (Å²) in [6.45, 7) is 1.58. The van der Waals surface area contributed by atoms with Crippen molar-refractivity contribution in [3.05, 3.63) is 71.9 Å². The number of benzene rings is 2. The van der Waals surface area contributed by atoms with E-state index in [-0.39, 0.29) is 6.10 Å². The number of aromatic amines is 1. The summed E-state index contributed by atoms with van der Waals surface area (Å²) in [7, 11) is 0. The van der Waals surface area contributed by atoms with Crippen molar-refractivity contribution in [2.45, 2.75) is 36.4 Å². The summed E-state index contributed by atoms with van der Waals surface area (Å²) in [5.41, 5.74) is 4.22. The highest BCUT2D eigenvalue weighted by atomic mass is 32.2. The Morgan fingerprint density at radius 1 is 1.12 bits per heavy atom. The Hall–Kier alpha value is -3.14. The lowest BCUT2D eigenvalue weighted by Gasteiger charge is -2.14.